The van der Waals surface area contributed by atoms with Crippen LogP contribution in [0.15, 0.2) is 54.6 Å². The van der Waals surface area contributed by atoms with Crippen LogP contribution in [-0.2, 0) is 11.3 Å². The van der Waals surface area contributed by atoms with Gasteiger partial charge in [0.25, 0.3) is 0 Å². The molecule has 1 amide bonds. The number of nitrogens with one attached hydrogen (secondary N) is 1. The third kappa shape index (κ3) is 5.80. The average molecular weight is 324 g/mol. The van der Waals surface area contributed by atoms with Gasteiger partial charge in [-0.05, 0) is 35.8 Å². The Labute approximate surface area is 143 Å². The molecule has 0 aliphatic rings. The third-order valence-electron chi connectivity index (χ3n) is 3.53. The van der Waals surface area contributed by atoms with Gasteiger partial charge < -0.3 is 15.8 Å². The first-order chi connectivity index (χ1) is 11.7. The molecule has 24 heavy (non-hydrogen) atoms. The Kier molecular flexibility index (Phi) is 6.90. The predicted molar refractivity (Wildman–Crippen MR) is 98.6 cm³/mol. The van der Waals surface area contributed by atoms with Crippen molar-refractivity contribution in [2.24, 2.45) is 0 Å². The molecule has 0 unspecified atom stereocenters. The van der Waals surface area contributed by atoms with Crippen molar-refractivity contribution in [3.05, 3.63) is 65.7 Å². The van der Waals surface area contributed by atoms with Crippen molar-refractivity contribution in [3.8, 4) is 5.75 Å². The fourth-order valence-electron chi connectivity index (χ4n) is 2.14. The Morgan fingerprint density at radius 2 is 2.00 bits per heavy atom. The molecule has 0 heterocycles. The number of hydrogen-bond acceptors (Lipinski definition) is 3. The van der Waals surface area contributed by atoms with Gasteiger partial charge in [0.05, 0.1) is 12.3 Å². The number of carbonyl (C=O) groups excluding carboxylic acids is 1. The van der Waals surface area contributed by atoms with Crippen LogP contribution in [0.3, 0.4) is 0 Å². The van der Waals surface area contributed by atoms with E-state index in [0.29, 0.717) is 24.6 Å². The predicted octanol–water partition coefficient (Wildman–Crippen LogP) is 3.78. The molecule has 4 heteroatoms. The van der Waals surface area contributed by atoms with Crippen LogP contribution in [0.1, 0.15) is 30.9 Å². The number of ether oxygens (including phenoxy) is 1. The number of benzene rings is 2. The minimum absolute atomic E-state index is 0.138. The minimum atomic E-state index is -0.138. The van der Waals surface area contributed by atoms with Gasteiger partial charge in [0.15, 0.2) is 0 Å². The number of nitrogen functional groups attached to an aromatic ring is 1. The van der Waals surface area contributed by atoms with Crippen LogP contribution in [0, 0.1) is 0 Å². The molecule has 2 aromatic rings. The number of carbonyl (C=O) groups is 1. The van der Waals surface area contributed by atoms with E-state index in [4.69, 9.17) is 10.5 Å². The van der Waals surface area contributed by atoms with Gasteiger partial charge >= 0.3 is 0 Å². The summed E-state index contributed by atoms with van der Waals surface area (Å²) in [6.45, 7) is 3.29. The highest BCUT2D eigenvalue weighted by molar-refractivity contribution is 5.91. The molecule has 0 bridgehead atoms. The number of amides is 1. The maximum absolute atomic E-state index is 11.9. The maximum Gasteiger partial charge on any atom is 0.244 e. The summed E-state index contributed by atoms with van der Waals surface area (Å²) in [6, 6.07) is 15.3. The van der Waals surface area contributed by atoms with E-state index in [1.807, 2.05) is 48.5 Å². The molecule has 0 aromatic heterocycles. The summed E-state index contributed by atoms with van der Waals surface area (Å²) < 4.78 is 5.62. The standard InChI is InChI=1S/C20H24N2O2/c1-2-3-13-24-19-11-9-16(14-18(19)21)10-12-20(23)22-15-17-7-5-4-6-8-17/h4-12,14H,2-3,13,15,21H2,1H3,(H,22,23)/b12-10-. The molecule has 0 aliphatic carbocycles. The van der Waals surface area contributed by atoms with E-state index in [0.717, 1.165) is 24.0 Å². The van der Waals surface area contributed by atoms with E-state index in [9.17, 15) is 4.79 Å². The first kappa shape index (κ1) is 17.6. The van der Waals surface area contributed by atoms with Crippen LogP contribution in [0.2, 0.25) is 0 Å². The number of hydrogen-bond donors (Lipinski definition) is 2. The topological polar surface area (TPSA) is 64.3 Å². The summed E-state index contributed by atoms with van der Waals surface area (Å²) >= 11 is 0. The number of rotatable bonds is 8. The fourth-order valence-corrected chi connectivity index (χ4v) is 2.14. The lowest BCUT2D eigenvalue weighted by atomic mass is 10.1. The van der Waals surface area contributed by atoms with Crippen molar-refractivity contribution in [3.63, 3.8) is 0 Å². The lowest BCUT2D eigenvalue weighted by molar-refractivity contribution is -0.116. The number of anilines is 1. The zero-order valence-electron chi connectivity index (χ0n) is 14.0. The quantitative estimate of drug-likeness (QED) is 0.441. The Morgan fingerprint density at radius 3 is 2.71 bits per heavy atom. The Balaban J connectivity index is 1.86. The summed E-state index contributed by atoms with van der Waals surface area (Å²) in [5.74, 6) is 0.551. The lowest BCUT2D eigenvalue weighted by Crippen LogP contribution is -2.20. The molecule has 0 fully saturated rings. The molecule has 0 spiro atoms. The molecular weight excluding hydrogens is 300 g/mol. The second kappa shape index (κ2) is 9.40. The van der Waals surface area contributed by atoms with Crippen molar-refractivity contribution in [1.29, 1.82) is 0 Å². The fraction of sp³-hybridized carbons (Fsp3) is 0.250. The van der Waals surface area contributed by atoms with Crippen molar-refractivity contribution >= 4 is 17.7 Å². The molecule has 2 aromatic carbocycles. The van der Waals surface area contributed by atoms with Crippen molar-refractivity contribution in [2.45, 2.75) is 26.3 Å². The van der Waals surface area contributed by atoms with Crippen LogP contribution < -0.4 is 15.8 Å². The monoisotopic (exact) mass is 324 g/mol. The normalized spacial score (nSPS) is 10.7. The van der Waals surface area contributed by atoms with E-state index in [1.54, 1.807) is 6.08 Å². The molecule has 0 radical (unpaired) electrons. The molecular formula is C20H24N2O2. The molecule has 126 valence electrons. The van der Waals surface area contributed by atoms with Gasteiger partial charge in [0, 0.05) is 12.6 Å². The highest BCUT2D eigenvalue weighted by Gasteiger charge is 2.01. The van der Waals surface area contributed by atoms with Crippen LogP contribution in [-0.4, -0.2) is 12.5 Å². The van der Waals surface area contributed by atoms with Crippen LogP contribution in [0.4, 0.5) is 5.69 Å². The van der Waals surface area contributed by atoms with Crippen molar-refractivity contribution in [2.75, 3.05) is 12.3 Å². The van der Waals surface area contributed by atoms with Crippen molar-refractivity contribution in [1.82, 2.24) is 5.32 Å². The van der Waals surface area contributed by atoms with Gasteiger partial charge in [0.1, 0.15) is 5.75 Å². The Hall–Kier alpha value is -2.75. The van der Waals surface area contributed by atoms with Gasteiger partial charge in [-0.2, -0.15) is 0 Å². The minimum Gasteiger partial charge on any atom is -0.491 e. The summed E-state index contributed by atoms with van der Waals surface area (Å²) in [4.78, 5) is 11.9. The molecule has 2 rings (SSSR count). The zero-order chi connectivity index (χ0) is 17.2. The molecule has 4 nitrogen and oxygen atoms in total. The van der Waals surface area contributed by atoms with Gasteiger partial charge in [-0.1, -0.05) is 49.7 Å². The Bertz CT molecular complexity index is 681. The van der Waals surface area contributed by atoms with Gasteiger partial charge in [-0.15, -0.1) is 0 Å². The smallest absolute Gasteiger partial charge is 0.244 e. The van der Waals surface area contributed by atoms with Crippen molar-refractivity contribution < 1.29 is 9.53 Å². The second-order valence-electron chi connectivity index (χ2n) is 5.54. The second-order valence-corrected chi connectivity index (χ2v) is 5.54. The largest absolute Gasteiger partial charge is 0.491 e. The average Bonchev–Trinajstić information content (AvgIpc) is 2.61. The van der Waals surface area contributed by atoms with Gasteiger partial charge in [-0.25, -0.2) is 0 Å². The summed E-state index contributed by atoms with van der Waals surface area (Å²) in [5, 5.41) is 2.85. The summed E-state index contributed by atoms with van der Waals surface area (Å²) in [6.07, 6.45) is 5.34. The zero-order valence-corrected chi connectivity index (χ0v) is 14.0. The van der Waals surface area contributed by atoms with E-state index < -0.39 is 0 Å². The summed E-state index contributed by atoms with van der Waals surface area (Å²) in [7, 11) is 0. The number of nitrogens with two attached hydrogens (primary N) is 1. The Morgan fingerprint density at radius 1 is 1.21 bits per heavy atom. The van der Waals surface area contributed by atoms with E-state index in [2.05, 4.69) is 12.2 Å². The molecule has 0 atom stereocenters. The highest BCUT2D eigenvalue weighted by Crippen LogP contribution is 2.23. The van der Waals surface area contributed by atoms with E-state index >= 15 is 0 Å². The molecule has 3 N–H and O–H groups in total. The van der Waals surface area contributed by atoms with Crippen LogP contribution >= 0.6 is 0 Å². The highest BCUT2D eigenvalue weighted by atomic mass is 16.5. The van der Waals surface area contributed by atoms with Gasteiger partial charge in [0.2, 0.25) is 5.91 Å². The molecule has 0 aliphatic heterocycles. The van der Waals surface area contributed by atoms with E-state index in [1.165, 1.54) is 6.08 Å². The third-order valence-corrected chi connectivity index (χ3v) is 3.53. The molecule has 0 saturated carbocycles. The van der Waals surface area contributed by atoms with E-state index in [-0.39, 0.29) is 5.91 Å². The molecule has 0 saturated heterocycles. The lowest BCUT2D eigenvalue weighted by Gasteiger charge is -2.08. The SMILES string of the molecule is CCCCOc1ccc(/C=C\C(=O)NCc2ccccc2)cc1N. The van der Waals surface area contributed by atoms with Crippen LogP contribution in [0.5, 0.6) is 5.75 Å². The number of unbranched alkanes of at least 4 members (excludes halogenated alkanes) is 1. The summed E-state index contributed by atoms with van der Waals surface area (Å²) in [5.41, 5.74) is 8.50. The maximum atomic E-state index is 11.9. The first-order valence-electron chi connectivity index (χ1n) is 8.21. The van der Waals surface area contributed by atoms with Crippen LogP contribution in [0.25, 0.3) is 6.08 Å². The first-order valence-corrected chi connectivity index (χ1v) is 8.21. The van der Waals surface area contributed by atoms with Gasteiger partial charge in [-0.3, -0.25) is 4.79 Å².